The highest BCUT2D eigenvalue weighted by molar-refractivity contribution is 7.89. The Morgan fingerprint density at radius 3 is 2.59 bits per heavy atom. The third-order valence-corrected chi connectivity index (χ3v) is 3.47. The van der Waals surface area contributed by atoms with Gasteiger partial charge < -0.3 is 9.90 Å². The summed E-state index contributed by atoms with van der Waals surface area (Å²) in [5.41, 5.74) is 0. The highest BCUT2D eigenvalue weighted by atomic mass is 32.2. The summed E-state index contributed by atoms with van der Waals surface area (Å²) in [7, 11) is -3.93. The Hall–Kier alpha value is -1.47. The van der Waals surface area contributed by atoms with Gasteiger partial charge in [-0.1, -0.05) is 12.1 Å². The second-order valence-electron chi connectivity index (χ2n) is 3.30. The molecule has 1 aromatic carbocycles. The highest BCUT2D eigenvalue weighted by Crippen LogP contribution is 2.12. The number of nitrogens with one attached hydrogen (secondary N) is 1. The first-order chi connectivity index (χ1) is 7.93. The number of hydrogen-bond acceptors (Lipinski definition) is 4. The monoisotopic (exact) mass is 260 g/mol. The molecule has 0 aromatic heterocycles. The molecule has 0 amide bonds. The van der Waals surface area contributed by atoms with E-state index in [0.29, 0.717) is 0 Å². The number of carbonyl (C=O) groups is 1. The van der Waals surface area contributed by atoms with E-state index >= 15 is 0 Å². The van der Waals surface area contributed by atoms with Gasteiger partial charge in [0.1, 0.15) is 10.7 Å². The van der Waals surface area contributed by atoms with Crippen molar-refractivity contribution in [3.8, 4) is 0 Å². The number of halogens is 1. The Balaban J connectivity index is 2.64. The SMILES string of the molecule is O=C([O-])CCCNS(=O)(=O)c1ccccc1F. The third-order valence-electron chi connectivity index (χ3n) is 1.98. The van der Waals surface area contributed by atoms with E-state index in [1.165, 1.54) is 12.1 Å². The maximum absolute atomic E-state index is 13.2. The van der Waals surface area contributed by atoms with Crippen LogP contribution in [0.1, 0.15) is 12.8 Å². The average molecular weight is 260 g/mol. The summed E-state index contributed by atoms with van der Waals surface area (Å²) in [6.45, 7) is -0.0787. The van der Waals surface area contributed by atoms with E-state index in [1.807, 2.05) is 0 Å². The van der Waals surface area contributed by atoms with Crippen LogP contribution in [0.5, 0.6) is 0 Å². The molecule has 0 heterocycles. The number of aliphatic carboxylic acids is 1. The predicted molar refractivity (Wildman–Crippen MR) is 55.8 cm³/mol. The molecule has 7 heteroatoms. The van der Waals surface area contributed by atoms with Gasteiger partial charge in [-0.15, -0.1) is 0 Å². The number of hydrogen-bond donors (Lipinski definition) is 1. The first-order valence-electron chi connectivity index (χ1n) is 4.87. The summed E-state index contributed by atoms with van der Waals surface area (Å²) in [4.78, 5) is 9.65. The van der Waals surface area contributed by atoms with Crippen molar-refractivity contribution >= 4 is 16.0 Å². The second-order valence-corrected chi connectivity index (χ2v) is 5.04. The Morgan fingerprint density at radius 1 is 1.35 bits per heavy atom. The van der Waals surface area contributed by atoms with Gasteiger partial charge in [0.2, 0.25) is 10.0 Å². The van der Waals surface area contributed by atoms with E-state index in [1.54, 1.807) is 0 Å². The molecule has 0 saturated carbocycles. The van der Waals surface area contributed by atoms with Gasteiger partial charge >= 0.3 is 0 Å². The maximum atomic E-state index is 13.2. The van der Waals surface area contributed by atoms with Crippen LogP contribution in [0, 0.1) is 5.82 Å². The largest absolute Gasteiger partial charge is 0.550 e. The minimum Gasteiger partial charge on any atom is -0.550 e. The van der Waals surface area contributed by atoms with Crippen LogP contribution < -0.4 is 9.83 Å². The summed E-state index contributed by atoms with van der Waals surface area (Å²) >= 11 is 0. The zero-order valence-corrected chi connectivity index (χ0v) is 9.67. The van der Waals surface area contributed by atoms with E-state index in [9.17, 15) is 22.7 Å². The number of carbonyl (C=O) groups excluding carboxylic acids is 1. The standard InChI is InChI=1S/C10H12FNO4S/c11-8-4-1-2-5-9(8)17(15,16)12-7-3-6-10(13)14/h1-2,4-5,12H,3,6-7H2,(H,13,14)/p-1. The number of carboxylic acids is 1. The molecule has 0 atom stereocenters. The summed E-state index contributed by atoms with van der Waals surface area (Å²) in [5, 5.41) is 10.1. The lowest BCUT2D eigenvalue weighted by molar-refractivity contribution is -0.305. The molecule has 0 unspecified atom stereocenters. The van der Waals surface area contributed by atoms with E-state index in [4.69, 9.17) is 0 Å². The smallest absolute Gasteiger partial charge is 0.243 e. The summed E-state index contributed by atoms with van der Waals surface area (Å²) in [5.74, 6) is -2.10. The molecule has 0 aliphatic rings. The first-order valence-corrected chi connectivity index (χ1v) is 6.36. The summed E-state index contributed by atoms with van der Waals surface area (Å²) in [6, 6.07) is 4.95. The van der Waals surface area contributed by atoms with Crippen LogP contribution in [-0.4, -0.2) is 20.9 Å². The number of carboxylic acid groups (broad SMARTS) is 1. The topological polar surface area (TPSA) is 86.3 Å². The Morgan fingerprint density at radius 2 is 2.00 bits per heavy atom. The molecule has 0 fully saturated rings. The predicted octanol–water partition coefficient (Wildman–Crippen LogP) is -0.366. The fraction of sp³-hybridized carbons (Fsp3) is 0.300. The molecule has 5 nitrogen and oxygen atoms in total. The van der Waals surface area contributed by atoms with Crippen molar-refractivity contribution in [3.05, 3.63) is 30.1 Å². The molecule has 94 valence electrons. The Kier molecular flexibility index (Phi) is 4.59. The Bertz CT molecular complexity index is 501. The van der Waals surface area contributed by atoms with Gasteiger partial charge in [0.15, 0.2) is 0 Å². The fourth-order valence-electron chi connectivity index (χ4n) is 1.18. The van der Waals surface area contributed by atoms with Crippen LogP contribution in [-0.2, 0) is 14.8 Å². The minimum atomic E-state index is -3.93. The molecule has 1 N–H and O–H groups in total. The molecule has 1 aromatic rings. The first kappa shape index (κ1) is 13.6. The fourth-order valence-corrected chi connectivity index (χ4v) is 2.33. The van der Waals surface area contributed by atoms with Crippen molar-refractivity contribution in [3.63, 3.8) is 0 Å². The quantitative estimate of drug-likeness (QED) is 0.707. The highest BCUT2D eigenvalue weighted by Gasteiger charge is 2.17. The van der Waals surface area contributed by atoms with Gasteiger partial charge in [-0.2, -0.15) is 0 Å². The molecule has 1 rings (SSSR count). The van der Waals surface area contributed by atoms with Crippen molar-refractivity contribution in [2.24, 2.45) is 0 Å². The zero-order valence-electron chi connectivity index (χ0n) is 8.85. The van der Waals surface area contributed by atoms with Gasteiger partial charge in [-0.05, 0) is 25.0 Å². The van der Waals surface area contributed by atoms with Crippen LogP contribution in [0.2, 0.25) is 0 Å². The van der Waals surface area contributed by atoms with Crippen LogP contribution in [0.15, 0.2) is 29.2 Å². The average Bonchev–Trinajstić information content (AvgIpc) is 2.24. The lowest BCUT2D eigenvalue weighted by Crippen LogP contribution is -2.28. The van der Waals surface area contributed by atoms with Crippen molar-refractivity contribution in [1.82, 2.24) is 4.72 Å². The van der Waals surface area contributed by atoms with Gasteiger partial charge in [0.25, 0.3) is 0 Å². The number of rotatable bonds is 6. The van der Waals surface area contributed by atoms with Crippen molar-refractivity contribution in [1.29, 1.82) is 0 Å². The van der Waals surface area contributed by atoms with Gasteiger partial charge in [-0.25, -0.2) is 17.5 Å². The zero-order chi connectivity index (χ0) is 12.9. The normalized spacial score (nSPS) is 11.4. The number of benzene rings is 1. The molecule has 0 aliphatic heterocycles. The summed E-state index contributed by atoms with van der Waals surface area (Å²) < 4.78 is 38.5. The molecular formula is C10H11FNO4S-. The van der Waals surface area contributed by atoms with Gasteiger partial charge in [-0.3, -0.25) is 0 Å². The van der Waals surface area contributed by atoms with Gasteiger partial charge in [0, 0.05) is 12.5 Å². The van der Waals surface area contributed by atoms with E-state index in [-0.39, 0.29) is 19.4 Å². The van der Waals surface area contributed by atoms with Crippen molar-refractivity contribution < 1.29 is 22.7 Å². The van der Waals surface area contributed by atoms with Crippen LogP contribution in [0.3, 0.4) is 0 Å². The van der Waals surface area contributed by atoms with E-state index < -0.39 is 26.7 Å². The molecule has 0 bridgehead atoms. The van der Waals surface area contributed by atoms with Crippen molar-refractivity contribution in [2.75, 3.05) is 6.54 Å². The minimum absolute atomic E-state index is 0.0787. The van der Waals surface area contributed by atoms with Crippen LogP contribution in [0.25, 0.3) is 0 Å². The third kappa shape index (κ3) is 4.12. The molecule has 17 heavy (non-hydrogen) atoms. The lowest BCUT2D eigenvalue weighted by atomic mass is 10.3. The summed E-state index contributed by atoms with van der Waals surface area (Å²) in [6.07, 6.45) is -0.157. The molecule has 0 spiro atoms. The maximum Gasteiger partial charge on any atom is 0.243 e. The van der Waals surface area contributed by atoms with Crippen LogP contribution >= 0.6 is 0 Å². The van der Waals surface area contributed by atoms with Crippen LogP contribution in [0.4, 0.5) is 4.39 Å². The molecule has 0 aliphatic carbocycles. The number of sulfonamides is 1. The van der Waals surface area contributed by atoms with E-state index in [0.717, 1.165) is 12.1 Å². The van der Waals surface area contributed by atoms with Gasteiger partial charge in [0.05, 0.1) is 0 Å². The van der Waals surface area contributed by atoms with Crippen molar-refractivity contribution in [2.45, 2.75) is 17.7 Å². The molecule has 0 radical (unpaired) electrons. The Labute approximate surface area is 98.3 Å². The van der Waals surface area contributed by atoms with E-state index in [2.05, 4.69) is 4.72 Å². The molecule has 0 saturated heterocycles. The lowest BCUT2D eigenvalue weighted by Gasteiger charge is -2.07. The molecular weight excluding hydrogens is 249 g/mol. The second kappa shape index (κ2) is 5.74.